The Labute approximate surface area is 165 Å². The van der Waals surface area contributed by atoms with Crippen LogP contribution in [-0.4, -0.2) is 36.3 Å². The van der Waals surface area contributed by atoms with Crippen molar-refractivity contribution >= 4 is 11.5 Å². The van der Waals surface area contributed by atoms with E-state index in [1.165, 1.54) is 7.11 Å². The maximum absolute atomic E-state index is 13.0. The Bertz CT molecular complexity index is 877. The Kier molecular flexibility index (Phi) is 5.52. The maximum Gasteiger partial charge on any atom is 0.200 e. The number of nitrogens with one attached hydrogen (secondary N) is 2. The molecule has 0 amide bonds. The molecule has 0 aromatic heterocycles. The van der Waals surface area contributed by atoms with Crippen molar-refractivity contribution in [2.75, 3.05) is 19.0 Å². The van der Waals surface area contributed by atoms with Gasteiger partial charge in [0, 0.05) is 6.54 Å². The van der Waals surface area contributed by atoms with Crippen LogP contribution in [0.5, 0.6) is 17.2 Å². The molecule has 28 heavy (non-hydrogen) atoms. The zero-order valence-corrected chi connectivity index (χ0v) is 17.0. The number of phenols is 1. The van der Waals surface area contributed by atoms with E-state index in [9.17, 15) is 9.90 Å². The number of hydrogen-bond donors (Lipinski definition) is 3. The second kappa shape index (κ2) is 7.72. The monoisotopic (exact) mass is 384 g/mol. The number of para-hydroxylation sites is 1. The van der Waals surface area contributed by atoms with Crippen LogP contribution in [0.2, 0.25) is 0 Å². The van der Waals surface area contributed by atoms with Crippen LogP contribution in [0, 0.1) is 5.92 Å². The molecule has 3 rings (SSSR count). The normalized spacial score (nSPS) is 17.4. The molecule has 6 heteroatoms. The van der Waals surface area contributed by atoms with E-state index in [4.69, 9.17) is 9.47 Å². The lowest BCUT2D eigenvalue weighted by atomic mass is 9.96. The van der Waals surface area contributed by atoms with E-state index in [0.29, 0.717) is 28.7 Å². The predicted octanol–water partition coefficient (Wildman–Crippen LogP) is 3.79. The summed E-state index contributed by atoms with van der Waals surface area (Å²) >= 11 is 0. The Balaban J connectivity index is 1.95. The van der Waals surface area contributed by atoms with Crippen LogP contribution < -0.4 is 20.1 Å². The lowest BCUT2D eigenvalue weighted by Gasteiger charge is -2.42. The molecule has 1 heterocycles. The molecule has 2 aromatic carbocycles. The Morgan fingerprint density at radius 1 is 1.25 bits per heavy atom. The first-order valence-corrected chi connectivity index (χ1v) is 9.46. The Morgan fingerprint density at radius 2 is 1.96 bits per heavy atom. The number of rotatable bonds is 6. The van der Waals surface area contributed by atoms with Gasteiger partial charge in [0.25, 0.3) is 0 Å². The fraction of sp³-hybridized carbons (Fsp3) is 0.409. The molecule has 150 valence electrons. The zero-order chi connectivity index (χ0) is 20.5. The molecule has 1 unspecified atom stereocenters. The smallest absolute Gasteiger partial charge is 0.200 e. The van der Waals surface area contributed by atoms with Crippen molar-refractivity contribution in [1.29, 1.82) is 0 Å². The summed E-state index contributed by atoms with van der Waals surface area (Å²) in [6, 6.07) is 10.3. The van der Waals surface area contributed by atoms with Crippen LogP contribution in [0.1, 0.15) is 43.6 Å². The third-order valence-electron chi connectivity index (χ3n) is 4.79. The number of methoxy groups -OCH3 is 1. The van der Waals surface area contributed by atoms with E-state index in [0.717, 1.165) is 6.54 Å². The molecule has 6 nitrogen and oxygen atoms in total. The van der Waals surface area contributed by atoms with Crippen LogP contribution in [0.3, 0.4) is 0 Å². The molecule has 2 aromatic rings. The fourth-order valence-corrected chi connectivity index (χ4v) is 3.25. The SMILES string of the molecule is COc1ccccc1C(=O)c1ccc2c(c1O)NC(C)(C)C(NCC(C)C)O2. The standard InChI is InChI=1S/C22H28N2O4/c1-13(2)12-23-21-22(3,4)24-18-17(28-21)11-10-15(20(18)26)19(25)14-8-6-7-9-16(14)27-5/h6-11,13,21,23-24,26H,12H2,1-5H3. The summed E-state index contributed by atoms with van der Waals surface area (Å²) in [6.07, 6.45) is -0.266. The maximum atomic E-state index is 13.0. The summed E-state index contributed by atoms with van der Waals surface area (Å²) < 4.78 is 11.4. The van der Waals surface area contributed by atoms with Gasteiger partial charge in [-0.15, -0.1) is 0 Å². The summed E-state index contributed by atoms with van der Waals surface area (Å²) in [5.74, 6) is 1.03. The molecular formula is C22H28N2O4. The molecule has 0 bridgehead atoms. The highest BCUT2D eigenvalue weighted by atomic mass is 16.5. The number of aromatic hydroxyl groups is 1. The molecule has 1 atom stereocenters. The number of carbonyl (C=O) groups excluding carboxylic acids is 1. The van der Waals surface area contributed by atoms with Gasteiger partial charge in [-0.3, -0.25) is 10.1 Å². The third kappa shape index (κ3) is 3.78. The molecule has 0 saturated heterocycles. The summed E-state index contributed by atoms with van der Waals surface area (Å²) in [6.45, 7) is 9.04. The molecular weight excluding hydrogens is 356 g/mol. The highest BCUT2D eigenvalue weighted by molar-refractivity contribution is 6.13. The van der Waals surface area contributed by atoms with Gasteiger partial charge in [-0.25, -0.2) is 0 Å². The number of fused-ring (bicyclic) bond motifs is 1. The van der Waals surface area contributed by atoms with Crippen molar-refractivity contribution in [1.82, 2.24) is 5.32 Å². The highest BCUT2D eigenvalue weighted by Crippen LogP contribution is 2.44. The van der Waals surface area contributed by atoms with E-state index in [1.807, 2.05) is 13.8 Å². The average molecular weight is 384 g/mol. The first kappa shape index (κ1) is 20.0. The minimum absolute atomic E-state index is 0.121. The van der Waals surface area contributed by atoms with Gasteiger partial charge >= 0.3 is 0 Å². The van der Waals surface area contributed by atoms with Crippen LogP contribution in [-0.2, 0) is 0 Å². The number of ether oxygens (including phenoxy) is 2. The highest BCUT2D eigenvalue weighted by Gasteiger charge is 2.38. The molecule has 1 aliphatic rings. The first-order valence-electron chi connectivity index (χ1n) is 9.46. The summed E-state index contributed by atoms with van der Waals surface area (Å²) in [5, 5.41) is 17.6. The summed E-state index contributed by atoms with van der Waals surface area (Å²) in [4.78, 5) is 13.0. The Hall–Kier alpha value is -2.73. The average Bonchev–Trinajstić information content (AvgIpc) is 2.66. The number of anilines is 1. The van der Waals surface area contributed by atoms with Gasteiger partial charge in [0.05, 0.1) is 23.8 Å². The number of benzene rings is 2. The minimum atomic E-state index is -0.481. The molecule has 0 aliphatic carbocycles. The van der Waals surface area contributed by atoms with Crippen LogP contribution in [0.15, 0.2) is 36.4 Å². The van der Waals surface area contributed by atoms with E-state index < -0.39 is 5.54 Å². The van der Waals surface area contributed by atoms with Crippen molar-refractivity contribution in [3.63, 3.8) is 0 Å². The molecule has 0 saturated carbocycles. The van der Waals surface area contributed by atoms with Gasteiger partial charge in [0.2, 0.25) is 5.78 Å². The van der Waals surface area contributed by atoms with E-state index in [-0.39, 0.29) is 23.3 Å². The van der Waals surface area contributed by atoms with Crippen molar-refractivity contribution in [2.24, 2.45) is 5.92 Å². The molecule has 0 radical (unpaired) electrons. The number of ketones is 1. The second-order valence-electron chi connectivity index (χ2n) is 8.01. The molecule has 3 N–H and O–H groups in total. The first-order chi connectivity index (χ1) is 13.2. The summed E-state index contributed by atoms with van der Waals surface area (Å²) in [7, 11) is 1.51. The molecule has 0 fully saturated rings. The van der Waals surface area contributed by atoms with Gasteiger partial charge in [0.15, 0.2) is 12.0 Å². The van der Waals surface area contributed by atoms with Crippen LogP contribution >= 0.6 is 0 Å². The summed E-state index contributed by atoms with van der Waals surface area (Å²) in [5.41, 5.74) is 0.538. The van der Waals surface area contributed by atoms with E-state index in [2.05, 4.69) is 24.5 Å². The van der Waals surface area contributed by atoms with Gasteiger partial charge in [-0.1, -0.05) is 26.0 Å². The lowest BCUT2D eigenvalue weighted by Crippen LogP contribution is -2.58. The quantitative estimate of drug-likeness (QED) is 0.519. The third-order valence-corrected chi connectivity index (χ3v) is 4.79. The van der Waals surface area contributed by atoms with E-state index in [1.54, 1.807) is 36.4 Å². The van der Waals surface area contributed by atoms with Gasteiger partial charge < -0.3 is 19.9 Å². The number of carbonyl (C=O) groups is 1. The Morgan fingerprint density at radius 3 is 2.64 bits per heavy atom. The fourth-order valence-electron chi connectivity index (χ4n) is 3.25. The van der Waals surface area contributed by atoms with Crippen LogP contribution in [0.4, 0.5) is 5.69 Å². The van der Waals surface area contributed by atoms with Gasteiger partial charge in [-0.2, -0.15) is 0 Å². The number of phenolic OH excluding ortho intramolecular Hbond substituents is 1. The predicted molar refractivity (Wildman–Crippen MR) is 109 cm³/mol. The minimum Gasteiger partial charge on any atom is -0.505 e. The van der Waals surface area contributed by atoms with Crippen LogP contribution in [0.25, 0.3) is 0 Å². The van der Waals surface area contributed by atoms with Crippen molar-refractivity contribution in [2.45, 2.75) is 39.5 Å². The molecule has 1 aliphatic heterocycles. The van der Waals surface area contributed by atoms with Crippen molar-refractivity contribution < 1.29 is 19.4 Å². The topological polar surface area (TPSA) is 79.8 Å². The van der Waals surface area contributed by atoms with Crippen molar-refractivity contribution in [3.05, 3.63) is 47.5 Å². The largest absolute Gasteiger partial charge is 0.505 e. The van der Waals surface area contributed by atoms with Gasteiger partial charge in [-0.05, 0) is 44.0 Å². The van der Waals surface area contributed by atoms with Crippen molar-refractivity contribution in [3.8, 4) is 17.2 Å². The second-order valence-corrected chi connectivity index (χ2v) is 8.01. The number of hydrogen-bond acceptors (Lipinski definition) is 6. The lowest BCUT2D eigenvalue weighted by molar-refractivity contribution is 0.0915. The van der Waals surface area contributed by atoms with Gasteiger partial charge in [0.1, 0.15) is 17.2 Å². The van der Waals surface area contributed by atoms with E-state index >= 15 is 0 Å². The molecule has 0 spiro atoms. The zero-order valence-electron chi connectivity index (χ0n) is 17.0.